The molecule has 4 nitrogen and oxygen atoms in total. The van der Waals surface area contributed by atoms with E-state index in [0.717, 1.165) is 0 Å². The molecule has 0 saturated heterocycles. The zero-order valence-corrected chi connectivity index (χ0v) is 11.0. The summed E-state index contributed by atoms with van der Waals surface area (Å²) in [5, 5.41) is 7.65. The summed E-state index contributed by atoms with van der Waals surface area (Å²) in [5.74, 6) is -1.15. The van der Waals surface area contributed by atoms with Gasteiger partial charge in [-0.1, -0.05) is 29.3 Å². The molecule has 0 aliphatic rings. The van der Waals surface area contributed by atoms with Crippen molar-refractivity contribution in [3.63, 3.8) is 0 Å². The molecule has 0 unspecified atom stereocenters. The summed E-state index contributed by atoms with van der Waals surface area (Å²) < 4.78 is 13.9. The lowest BCUT2D eigenvalue weighted by atomic mass is 10.0. The Balaban J connectivity index is 2.66. The van der Waals surface area contributed by atoms with Gasteiger partial charge in [-0.3, -0.25) is 4.79 Å². The number of carbonyl (C=O) groups is 1. The topological polar surface area (TPSA) is 68.9 Å². The molecule has 0 bridgehead atoms. The van der Waals surface area contributed by atoms with Crippen LogP contribution in [0.1, 0.15) is 5.69 Å². The monoisotopic (exact) mass is 299 g/mol. The normalized spacial score (nSPS) is 10.5. The molecule has 1 heterocycles. The van der Waals surface area contributed by atoms with E-state index in [4.69, 9.17) is 28.9 Å². The molecule has 2 N–H and O–H groups in total. The first kappa shape index (κ1) is 13.7. The first-order chi connectivity index (χ1) is 8.99. The van der Waals surface area contributed by atoms with Gasteiger partial charge in [0.15, 0.2) is 5.15 Å². The van der Waals surface area contributed by atoms with E-state index in [0.29, 0.717) is 5.56 Å². The largest absolute Gasteiger partial charge is 0.369 e. The van der Waals surface area contributed by atoms with Gasteiger partial charge in [0.1, 0.15) is 5.82 Å². The maximum Gasteiger partial charge on any atom is 0.223 e. The summed E-state index contributed by atoms with van der Waals surface area (Å²) in [7, 11) is 0. The second-order valence-electron chi connectivity index (χ2n) is 3.77. The molecule has 1 amide bonds. The van der Waals surface area contributed by atoms with E-state index in [2.05, 4.69) is 10.2 Å². The molecular formula is C12H8Cl2FN3O. The highest BCUT2D eigenvalue weighted by Crippen LogP contribution is 2.33. The van der Waals surface area contributed by atoms with Crippen molar-refractivity contribution in [2.75, 3.05) is 0 Å². The molecule has 0 fully saturated rings. The predicted octanol–water partition coefficient (Wildman–Crippen LogP) is 2.62. The molecule has 0 radical (unpaired) electrons. The third-order valence-corrected chi connectivity index (χ3v) is 2.91. The minimum absolute atomic E-state index is 0.0718. The lowest BCUT2D eigenvalue weighted by Crippen LogP contribution is -2.16. The number of carbonyl (C=O) groups excluding carboxylic acids is 1. The van der Waals surface area contributed by atoms with E-state index in [9.17, 15) is 9.18 Å². The number of nitrogens with two attached hydrogens (primary N) is 1. The van der Waals surface area contributed by atoms with Gasteiger partial charge in [-0.25, -0.2) is 4.39 Å². The minimum Gasteiger partial charge on any atom is -0.369 e. The fraction of sp³-hybridized carbons (Fsp3) is 0.0833. The number of halogens is 3. The van der Waals surface area contributed by atoms with Crippen molar-refractivity contribution in [3.8, 4) is 11.1 Å². The SMILES string of the molecule is NC(=O)Cc1nnc(Cl)cc1-c1c(F)cccc1Cl. The van der Waals surface area contributed by atoms with Gasteiger partial charge in [-0.05, 0) is 18.2 Å². The average molecular weight is 300 g/mol. The van der Waals surface area contributed by atoms with E-state index in [1.54, 1.807) is 0 Å². The maximum atomic E-state index is 13.9. The van der Waals surface area contributed by atoms with Gasteiger partial charge in [-0.2, -0.15) is 5.10 Å². The van der Waals surface area contributed by atoms with Crippen molar-refractivity contribution in [3.05, 3.63) is 46.0 Å². The zero-order valence-electron chi connectivity index (χ0n) is 9.53. The van der Waals surface area contributed by atoms with Crippen molar-refractivity contribution < 1.29 is 9.18 Å². The molecule has 7 heteroatoms. The molecule has 2 aromatic rings. The molecular weight excluding hydrogens is 292 g/mol. The van der Waals surface area contributed by atoms with Crippen LogP contribution in [-0.2, 0) is 11.2 Å². The van der Waals surface area contributed by atoms with E-state index < -0.39 is 11.7 Å². The molecule has 0 aliphatic heterocycles. The smallest absolute Gasteiger partial charge is 0.223 e. The number of aromatic nitrogens is 2. The second-order valence-corrected chi connectivity index (χ2v) is 4.56. The first-order valence-corrected chi connectivity index (χ1v) is 5.99. The summed E-state index contributed by atoms with van der Waals surface area (Å²) in [5.41, 5.74) is 5.77. The van der Waals surface area contributed by atoms with Crippen LogP contribution >= 0.6 is 23.2 Å². The van der Waals surface area contributed by atoms with Gasteiger partial charge in [-0.15, -0.1) is 5.10 Å². The molecule has 0 spiro atoms. The second kappa shape index (κ2) is 5.50. The fourth-order valence-electron chi connectivity index (χ4n) is 1.66. The van der Waals surface area contributed by atoms with Crippen molar-refractivity contribution in [1.29, 1.82) is 0 Å². The van der Waals surface area contributed by atoms with Crippen molar-refractivity contribution in [1.82, 2.24) is 10.2 Å². The third-order valence-electron chi connectivity index (χ3n) is 2.41. The molecule has 2 rings (SSSR count). The van der Waals surface area contributed by atoms with Crippen LogP contribution in [0.25, 0.3) is 11.1 Å². The number of nitrogens with zero attached hydrogens (tertiary/aromatic N) is 2. The van der Waals surface area contributed by atoms with Crippen LogP contribution in [0.4, 0.5) is 4.39 Å². The molecule has 98 valence electrons. The lowest BCUT2D eigenvalue weighted by molar-refractivity contribution is -0.117. The van der Waals surface area contributed by atoms with Gasteiger partial charge in [0, 0.05) is 11.1 Å². The Hall–Kier alpha value is -1.72. The summed E-state index contributed by atoms with van der Waals surface area (Å²) in [6.45, 7) is 0. The Bertz CT molecular complexity index is 629. The van der Waals surface area contributed by atoms with E-state index in [1.165, 1.54) is 24.3 Å². The van der Waals surface area contributed by atoms with E-state index in [-0.39, 0.29) is 27.9 Å². The van der Waals surface area contributed by atoms with E-state index >= 15 is 0 Å². The summed E-state index contributed by atoms with van der Waals surface area (Å²) in [4.78, 5) is 11.0. The molecule has 19 heavy (non-hydrogen) atoms. The number of hydrogen-bond acceptors (Lipinski definition) is 3. The quantitative estimate of drug-likeness (QED) is 0.947. The molecule has 1 aromatic carbocycles. The van der Waals surface area contributed by atoms with Crippen molar-refractivity contribution in [2.24, 2.45) is 5.73 Å². The van der Waals surface area contributed by atoms with Gasteiger partial charge in [0.25, 0.3) is 0 Å². The number of benzene rings is 1. The maximum absolute atomic E-state index is 13.9. The van der Waals surface area contributed by atoms with Crippen LogP contribution in [0.2, 0.25) is 10.2 Å². The Labute approximate surface area is 118 Å². The van der Waals surface area contributed by atoms with E-state index in [1.807, 2.05) is 0 Å². The molecule has 1 aromatic heterocycles. The Morgan fingerprint density at radius 1 is 1.32 bits per heavy atom. The van der Waals surface area contributed by atoms with Gasteiger partial charge < -0.3 is 5.73 Å². The van der Waals surface area contributed by atoms with Crippen LogP contribution in [0.3, 0.4) is 0 Å². The third kappa shape index (κ3) is 3.00. The lowest BCUT2D eigenvalue weighted by Gasteiger charge is -2.10. The molecule has 0 atom stereocenters. The van der Waals surface area contributed by atoms with Crippen molar-refractivity contribution >= 4 is 29.1 Å². The highest BCUT2D eigenvalue weighted by Gasteiger charge is 2.17. The zero-order chi connectivity index (χ0) is 14.0. The fourth-order valence-corrected chi connectivity index (χ4v) is 2.07. The van der Waals surface area contributed by atoms with Crippen LogP contribution in [0.5, 0.6) is 0 Å². The van der Waals surface area contributed by atoms with Gasteiger partial charge in [0.2, 0.25) is 5.91 Å². The summed E-state index contributed by atoms with van der Waals surface area (Å²) in [6, 6.07) is 5.66. The van der Waals surface area contributed by atoms with Gasteiger partial charge >= 0.3 is 0 Å². The molecule has 0 aliphatic carbocycles. The summed E-state index contributed by atoms with van der Waals surface area (Å²) in [6.07, 6.45) is -0.176. The minimum atomic E-state index is -0.606. The predicted molar refractivity (Wildman–Crippen MR) is 70.3 cm³/mol. The van der Waals surface area contributed by atoms with Crippen LogP contribution < -0.4 is 5.73 Å². The highest BCUT2D eigenvalue weighted by atomic mass is 35.5. The number of primary amides is 1. The average Bonchev–Trinajstić information content (AvgIpc) is 2.31. The Morgan fingerprint density at radius 2 is 2.05 bits per heavy atom. The Kier molecular flexibility index (Phi) is 3.97. The molecule has 0 saturated carbocycles. The van der Waals surface area contributed by atoms with Crippen LogP contribution in [-0.4, -0.2) is 16.1 Å². The van der Waals surface area contributed by atoms with Crippen LogP contribution in [0.15, 0.2) is 24.3 Å². The standard InChI is InChI=1S/C12H8Cl2FN3O/c13-7-2-1-3-8(15)12(7)6-4-10(14)18-17-9(6)5-11(16)19/h1-4H,5H2,(H2,16,19). The Morgan fingerprint density at radius 3 is 2.68 bits per heavy atom. The van der Waals surface area contributed by atoms with Crippen LogP contribution in [0, 0.1) is 5.82 Å². The number of rotatable bonds is 3. The summed E-state index contributed by atoms with van der Waals surface area (Å²) >= 11 is 11.7. The van der Waals surface area contributed by atoms with Crippen molar-refractivity contribution in [2.45, 2.75) is 6.42 Å². The first-order valence-electron chi connectivity index (χ1n) is 5.24. The number of hydrogen-bond donors (Lipinski definition) is 1. The van der Waals surface area contributed by atoms with Gasteiger partial charge in [0.05, 0.1) is 17.1 Å². The number of amides is 1. The highest BCUT2D eigenvalue weighted by molar-refractivity contribution is 6.33.